The van der Waals surface area contributed by atoms with Crippen LogP contribution in [0.2, 0.25) is 0 Å². The van der Waals surface area contributed by atoms with Crippen molar-refractivity contribution in [3.63, 3.8) is 0 Å². The Labute approximate surface area is 120 Å². The lowest BCUT2D eigenvalue weighted by atomic mass is 10.0. The molecular formula is C15H24N2O3. The Kier molecular flexibility index (Phi) is 6.87. The van der Waals surface area contributed by atoms with Crippen LogP contribution in [0.15, 0.2) is 24.3 Å². The zero-order valence-electron chi connectivity index (χ0n) is 12.3. The second-order valence-electron chi connectivity index (χ2n) is 4.92. The van der Waals surface area contributed by atoms with Crippen LogP contribution in [0.3, 0.4) is 0 Å². The topological polar surface area (TPSA) is 70.6 Å². The van der Waals surface area contributed by atoms with Gasteiger partial charge in [-0.3, -0.25) is 0 Å². The molecule has 0 heterocycles. The fourth-order valence-corrected chi connectivity index (χ4v) is 1.85. The molecule has 0 aliphatic heterocycles. The lowest BCUT2D eigenvalue weighted by Gasteiger charge is -2.21. The van der Waals surface area contributed by atoms with E-state index in [0.29, 0.717) is 18.7 Å². The molecule has 3 N–H and O–H groups in total. The normalized spacial score (nSPS) is 12.1. The van der Waals surface area contributed by atoms with E-state index in [2.05, 4.69) is 10.6 Å². The van der Waals surface area contributed by atoms with Crippen molar-refractivity contribution < 1.29 is 14.6 Å². The van der Waals surface area contributed by atoms with Crippen LogP contribution in [0.5, 0.6) is 5.75 Å². The van der Waals surface area contributed by atoms with Crippen LogP contribution in [0, 0.1) is 5.92 Å². The number of anilines is 1. The van der Waals surface area contributed by atoms with Crippen molar-refractivity contribution in [3.8, 4) is 5.75 Å². The second kappa shape index (κ2) is 8.43. The molecule has 5 heteroatoms. The molecule has 1 unspecified atom stereocenters. The van der Waals surface area contributed by atoms with Crippen LogP contribution in [0.25, 0.3) is 0 Å². The van der Waals surface area contributed by atoms with Crippen LogP contribution in [-0.4, -0.2) is 30.4 Å². The first kappa shape index (κ1) is 16.3. The quantitative estimate of drug-likeness (QED) is 0.719. The monoisotopic (exact) mass is 280 g/mol. The predicted molar refractivity (Wildman–Crippen MR) is 80.1 cm³/mol. The molecule has 0 aliphatic rings. The van der Waals surface area contributed by atoms with Crippen molar-refractivity contribution in [1.82, 2.24) is 5.32 Å². The number of benzene rings is 1. The van der Waals surface area contributed by atoms with Gasteiger partial charge in [0.05, 0.1) is 6.61 Å². The first-order chi connectivity index (χ1) is 9.56. The van der Waals surface area contributed by atoms with Gasteiger partial charge in [-0.1, -0.05) is 13.8 Å². The number of rotatable bonds is 7. The first-order valence-corrected chi connectivity index (χ1v) is 6.98. The third kappa shape index (κ3) is 5.48. The summed E-state index contributed by atoms with van der Waals surface area (Å²) in [5, 5.41) is 14.6. The van der Waals surface area contributed by atoms with Gasteiger partial charge in [0.15, 0.2) is 0 Å². The van der Waals surface area contributed by atoms with E-state index in [9.17, 15) is 4.79 Å². The molecule has 20 heavy (non-hydrogen) atoms. The molecule has 0 saturated carbocycles. The van der Waals surface area contributed by atoms with Gasteiger partial charge < -0.3 is 20.5 Å². The largest absolute Gasteiger partial charge is 0.494 e. The summed E-state index contributed by atoms with van der Waals surface area (Å²) >= 11 is 0. The SMILES string of the molecule is CCOc1ccc(NC(=O)NC(CCO)C(C)C)cc1. The number of hydrogen-bond acceptors (Lipinski definition) is 3. The highest BCUT2D eigenvalue weighted by molar-refractivity contribution is 5.89. The summed E-state index contributed by atoms with van der Waals surface area (Å²) in [7, 11) is 0. The minimum atomic E-state index is -0.263. The van der Waals surface area contributed by atoms with Gasteiger partial charge in [-0.05, 0) is 43.5 Å². The molecule has 0 bridgehead atoms. The number of carbonyl (C=O) groups excluding carboxylic acids is 1. The van der Waals surface area contributed by atoms with Crippen molar-refractivity contribution >= 4 is 11.7 Å². The van der Waals surface area contributed by atoms with Gasteiger partial charge in [0, 0.05) is 18.3 Å². The van der Waals surface area contributed by atoms with E-state index in [1.165, 1.54) is 0 Å². The molecule has 1 aromatic rings. The number of ether oxygens (including phenoxy) is 1. The second-order valence-corrected chi connectivity index (χ2v) is 4.92. The average Bonchev–Trinajstić information content (AvgIpc) is 2.40. The molecule has 5 nitrogen and oxygen atoms in total. The number of aliphatic hydroxyl groups is 1. The highest BCUT2D eigenvalue weighted by Gasteiger charge is 2.15. The molecule has 1 atom stereocenters. The highest BCUT2D eigenvalue weighted by atomic mass is 16.5. The number of urea groups is 1. The third-order valence-corrected chi connectivity index (χ3v) is 2.98. The standard InChI is InChI=1S/C15H24N2O3/c1-4-20-13-7-5-12(6-8-13)16-15(19)17-14(9-10-18)11(2)3/h5-8,11,14,18H,4,9-10H2,1-3H3,(H2,16,17,19). The zero-order chi connectivity index (χ0) is 15.0. The minimum absolute atomic E-state index is 0.0392. The maximum absolute atomic E-state index is 11.9. The number of aliphatic hydroxyl groups excluding tert-OH is 1. The lowest BCUT2D eigenvalue weighted by Crippen LogP contribution is -2.41. The number of amides is 2. The smallest absolute Gasteiger partial charge is 0.319 e. The molecule has 2 amide bonds. The summed E-state index contributed by atoms with van der Waals surface area (Å²) < 4.78 is 5.34. The first-order valence-electron chi connectivity index (χ1n) is 6.98. The van der Waals surface area contributed by atoms with E-state index in [1.54, 1.807) is 12.1 Å². The maximum atomic E-state index is 11.9. The van der Waals surface area contributed by atoms with E-state index < -0.39 is 0 Å². The van der Waals surface area contributed by atoms with Gasteiger partial charge >= 0.3 is 6.03 Å². The summed E-state index contributed by atoms with van der Waals surface area (Å²) in [4.78, 5) is 11.9. The lowest BCUT2D eigenvalue weighted by molar-refractivity contribution is 0.227. The van der Waals surface area contributed by atoms with Crippen molar-refractivity contribution in [2.45, 2.75) is 33.2 Å². The Bertz CT molecular complexity index is 404. The van der Waals surface area contributed by atoms with Crippen molar-refractivity contribution in [2.24, 2.45) is 5.92 Å². The van der Waals surface area contributed by atoms with E-state index >= 15 is 0 Å². The van der Waals surface area contributed by atoms with Gasteiger partial charge in [-0.15, -0.1) is 0 Å². The van der Waals surface area contributed by atoms with E-state index in [0.717, 1.165) is 5.75 Å². The van der Waals surface area contributed by atoms with Crippen molar-refractivity contribution in [1.29, 1.82) is 0 Å². The van der Waals surface area contributed by atoms with Crippen molar-refractivity contribution in [3.05, 3.63) is 24.3 Å². The van der Waals surface area contributed by atoms with Crippen LogP contribution < -0.4 is 15.4 Å². The van der Waals surface area contributed by atoms with Crippen LogP contribution in [0.4, 0.5) is 10.5 Å². The van der Waals surface area contributed by atoms with Crippen molar-refractivity contribution in [2.75, 3.05) is 18.5 Å². The molecule has 0 fully saturated rings. The molecular weight excluding hydrogens is 256 g/mol. The number of carbonyl (C=O) groups is 1. The van der Waals surface area contributed by atoms with E-state index in [1.807, 2.05) is 32.9 Å². The summed E-state index contributed by atoms with van der Waals surface area (Å²) in [6.45, 7) is 6.62. The summed E-state index contributed by atoms with van der Waals surface area (Å²) in [5.41, 5.74) is 0.706. The molecule has 0 aromatic heterocycles. The molecule has 0 spiro atoms. The Hall–Kier alpha value is -1.75. The fraction of sp³-hybridized carbons (Fsp3) is 0.533. The van der Waals surface area contributed by atoms with Gasteiger partial charge in [0.1, 0.15) is 5.75 Å². The van der Waals surface area contributed by atoms with E-state index in [4.69, 9.17) is 9.84 Å². The minimum Gasteiger partial charge on any atom is -0.494 e. The molecule has 0 radical (unpaired) electrons. The van der Waals surface area contributed by atoms with Gasteiger partial charge in [0.2, 0.25) is 0 Å². The van der Waals surface area contributed by atoms with Crippen LogP contribution in [0.1, 0.15) is 27.2 Å². The molecule has 112 valence electrons. The Morgan fingerprint density at radius 3 is 2.45 bits per heavy atom. The van der Waals surface area contributed by atoms with Gasteiger partial charge in [-0.25, -0.2) is 4.79 Å². The van der Waals surface area contributed by atoms with Gasteiger partial charge in [-0.2, -0.15) is 0 Å². The molecule has 1 aromatic carbocycles. The Morgan fingerprint density at radius 2 is 1.95 bits per heavy atom. The summed E-state index contributed by atoms with van der Waals surface area (Å²) in [6.07, 6.45) is 0.550. The average molecular weight is 280 g/mol. The Balaban J connectivity index is 2.52. The summed E-state index contributed by atoms with van der Waals surface area (Å²) in [5.74, 6) is 1.05. The van der Waals surface area contributed by atoms with Crippen LogP contribution in [-0.2, 0) is 0 Å². The molecule has 0 saturated heterocycles. The predicted octanol–water partition coefficient (Wildman–Crippen LogP) is 2.61. The van der Waals surface area contributed by atoms with E-state index in [-0.39, 0.29) is 24.6 Å². The number of nitrogens with one attached hydrogen (secondary N) is 2. The highest BCUT2D eigenvalue weighted by Crippen LogP contribution is 2.15. The van der Waals surface area contributed by atoms with Crippen LogP contribution >= 0.6 is 0 Å². The number of hydrogen-bond donors (Lipinski definition) is 3. The Morgan fingerprint density at radius 1 is 1.30 bits per heavy atom. The maximum Gasteiger partial charge on any atom is 0.319 e. The summed E-state index contributed by atoms with van der Waals surface area (Å²) in [6, 6.07) is 6.91. The molecule has 0 aliphatic carbocycles. The molecule has 1 rings (SSSR count). The fourth-order valence-electron chi connectivity index (χ4n) is 1.85. The zero-order valence-corrected chi connectivity index (χ0v) is 12.3. The third-order valence-electron chi connectivity index (χ3n) is 2.98. The van der Waals surface area contributed by atoms with Gasteiger partial charge in [0.25, 0.3) is 0 Å².